The molecule has 0 aromatic heterocycles. The minimum atomic E-state index is -0.373. The van der Waals surface area contributed by atoms with Crippen LogP contribution >= 0.6 is 0 Å². The van der Waals surface area contributed by atoms with E-state index in [-0.39, 0.29) is 7.11 Å². The zero-order chi connectivity index (χ0) is 5.91. The molecular weight excluding hydrogens is 132 g/mol. The zero-order valence-corrected chi connectivity index (χ0v) is 10.9. The monoisotopic (exact) mass is 148 g/mol. The second-order valence-corrected chi connectivity index (χ2v) is 29.1. The molecule has 3 heteroatoms. The topological polar surface area (TPSA) is 0 Å². The molecule has 0 aromatic carbocycles. The molecule has 0 radical (unpaired) electrons. The van der Waals surface area contributed by atoms with Crippen LogP contribution in [0.15, 0.2) is 0 Å². The molecule has 0 fully saturated rings. The third-order valence-electron chi connectivity index (χ3n) is 1.91. The van der Waals surface area contributed by atoms with Crippen LogP contribution in [-0.4, -0.2) is 26.6 Å². The molecule has 0 rings (SSSR count). The lowest BCUT2D eigenvalue weighted by molar-refractivity contribution is 1.33. The Hall–Kier alpha value is 0.651. The predicted molar refractivity (Wildman–Crippen MR) is 46.6 cm³/mol. The quantitative estimate of drug-likeness (QED) is 0.450. The summed E-state index contributed by atoms with van der Waals surface area (Å²) < 4.78 is 0. The largest absolute Gasteiger partial charge is 0.0682 e. The molecule has 0 bridgehead atoms. The Bertz CT molecular complexity index is 44.9. The Kier molecular flexibility index (Phi) is 3.10. The molecule has 0 saturated carbocycles. The van der Waals surface area contributed by atoms with Gasteiger partial charge in [0.05, 0.1) is 0 Å². The molecule has 0 atom stereocenters. The highest BCUT2D eigenvalue weighted by Gasteiger charge is 2.12. The van der Waals surface area contributed by atoms with E-state index in [1.54, 1.807) is 31.6 Å². The van der Waals surface area contributed by atoms with Crippen molar-refractivity contribution in [3.05, 3.63) is 0 Å². The van der Waals surface area contributed by atoms with E-state index in [1.807, 2.05) is 0 Å². The molecule has 0 saturated heterocycles. The Morgan fingerprint density at radius 3 is 1.43 bits per heavy atom. The number of hydrogen-bond acceptors (Lipinski definition) is 0. The molecule has 0 spiro atoms. The summed E-state index contributed by atoms with van der Waals surface area (Å²) in [6.45, 7) is 4.74. The van der Waals surface area contributed by atoms with Crippen LogP contribution in [0.4, 0.5) is 0 Å². The molecule has 0 aliphatic carbocycles. The molecule has 0 heterocycles. The lowest BCUT2D eigenvalue weighted by Gasteiger charge is -2.15. The maximum Gasteiger partial charge on any atom is 0.0199 e. The molecule has 44 valence electrons. The first-order chi connectivity index (χ1) is 3.12. The van der Waals surface area contributed by atoms with Gasteiger partial charge in [0.25, 0.3) is 0 Å². The van der Waals surface area contributed by atoms with Gasteiger partial charge < -0.3 is 0 Å². The lowest BCUT2D eigenvalue weighted by atomic mass is 11.0. The van der Waals surface area contributed by atoms with Crippen LogP contribution in [0.3, 0.4) is 0 Å². The standard InChI is InChI=1S/C4H16Si3/c1-3-7(5,6)4-2/h3-4H2,1-2,5-6H3. The van der Waals surface area contributed by atoms with E-state index in [9.17, 15) is 0 Å². The van der Waals surface area contributed by atoms with Gasteiger partial charge in [-0.15, -0.1) is 0 Å². The van der Waals surface area contributed by atoms with Crippen LogP contribution in [0.5, 0.6) is 0 Å². The summed E-state index contributed by atoms with van der Waals surface area (Å²) in [6, 6.07) is 3.11. The van der Waals surface area contributed by atoms with E-state index < -0.39 is 0 Å². The third kappa shape index (κ3) is 3.25. The number of rotatable bonds is 2. The fourth-order valence-electron chi connectivity index (χ4n) is 0.250. The second kappa shape index (κ2) is 2.84. The fraction of sp³-hybridized carbons (Fsp3) is 1.00. The number of hydrogen-bond donors (Lipinski definition) is 0. The highest BCUT2D eigenvalue weighted by Crippen LogP contribution is 2.02. The fourth-order valence-corrected chi connectivity index (χ4v) is 0.750. The average molecular weight is 148 g/mol. The summed E-state index contributed by atoms with van der Waals surface area (Å²) in [6.07, 6.45) is 0. The third-order valence-corrected chi connectivity index (χ3v) is 14.2. The molecule has 0 aliphatic heterocycles. The molecule has 0 aliphatic rings. The normalized spacial score (nSPS) is 12.9. The van der Waals surface area contributed by atoms with Gasteiger partial charge in [0.1, 0.15) is 0 Å². The van der Waals surface area contributed by atoms with Crippen molar-refractivity contribution in [2.45, 2.75) is 25.9 Å². The first-order valence-electron chi connectivity index (χ1n) is 3.12. The molecule has 0 nitrogen and oxygen atoms in total. The Morgan fingerprint density at radius 1 is 1.14 bits per heavy atom. The average Bonchev–Trinajstić information content (AvgIpc) is 1.68. The smallest absolute Gasteiger partial charge is 0.0199 e. The Balaban J connectivity index is 3.36. The van der Waals surface area contributed by atoms with Gasteiger partial charge in [0.15, 0.2) is 0 Å². The first-order valence-corrected chi connectivity index (χ1v) is 12.5. The van der Waals surface area contributed by atoms with Crippen molar-refractivity contribution in [2.24, 2.45) is 0 Å². The maximum atomic E-state index is 2.37. The second-order valence-electron chi connectivity index (χ2n) is 2.87. The van der Waals surface area contributed by atoms with Crippen LogP contribution in [0, 0.1) is 0 Å². The van der Waals surface area contributed by atoms with E-state index in [4.69, 9.17) is 0 Å². The summed E-state index contributed by atoms with van der Waals surface area (Å²) in [5, 5.41) is 0. The van der Waals surface area contributed by atoms with Crippen molar-refractivity contribution in [1.82, 2.24) is 0 Å². The van der Waals surface area contributed by atoms with Crippen molar-refractivity contribution in [3.8, 4) is 0 Å². The molecular formula is C4H16Si3. The van der Waals surface area contributed by atoms with E-state index >= 15 is 0 Å². The van der Waals surface area contributed by atoms with Crippen LogP contribution in [-0.2, 0) is 0 Å². The first kappa shape index (κ1) is 7.65. The van der Waals surface area contributed by atoms with Crippen LogP contribution < -0.4 is 0 Å². The Morgan fingerprint density at radius 2 is 1.43 bits per heavy atom. The molecule has 0 aromatic rings. The predicted octanol–water partition coefficient (Wildman–Crippen LogP) is -0.801. The van der Waals surface area contributed by atoms with Crippen LogP contribution in [0.25, 0.3) is 0 Å². The summed E-state index contributed by atoms with van der Waals surface area (Å²) >= 11 is 0. The minimum absolute atomic E-state index is 0.373. The lowest BCUT2D eigenvalue weighted by Crippen LogP contribution is -2.33. The van der Waals surface area contributed by atoms with Crippen molar-refractivity contribution < 1.29 is 0 Å². The zero-order valence-electron chi connectivity index (χ0n) is 5.91. The molecule has 0 amide bonds. The maximum absolute atomic E-state index is 2.37. The molecule has 7 heavy (non-hydrogen) atoms. The van der Waals surface area contributed by atoms with Crippen LogP contribution in [0.2, 0.25) is 12.1 Å². The summed E-state index contributed by atoms with van der Waals surface area (Å²) in [5.41, 5.74) is 0. The van der Waals surface area contributed by atoms with Gasteiger partial charge in [-0.05, 0) is 19.5 Å². The van der Waals surface area contributed by atoms with Gasteiger partial charge in [-0.2, -0.15) is 0 Å². The van der Waals surface area contributed by atoms with E-state index in [2.05, 4.69) is 13.8 Å². The summed E-state index contributed by atoms with van der Waals surface area (Å²) in [7, 11) is 2.73. The van der Waals surface area contributed by atoms with Gasteiger partial charge in [0, 0.05) is 7.11 Å². The van der Waals surface area contributed by atoms with E-state index in [1.165, 1.54) is 0 Å². The SMILES string of the molecule is CC[Si]([SiH3])([SiH3])CC. The van der Waals surface area contributed by atoms with E-state index in [0.29, 0.717) is 0 Å². The molecule has 0 unspecified atom stereocenters. The van der Waals surface area contributed by atoms with E-state index in [0.717, 1.165) is 0 Å². The summed E-state index contributed by atoms with van der Waals surface area (Å²) in [5.74, 6) is 0. The highest BCUT2D eigenvalue weighted by atomic mass is 29.6. The van der Waals surface area contributed by atoms with Crippen molar-refractivity contribution >= 4 is 26.6 Å². The van der Waals surface area contributed by atoms with Crippen molar-refractivity contribution in [1.29, 1.82) is 0 Å². The Labute approximate surface area is 53.1 Å². The summed E-state index contributed by atoms with van der Waals surface area (Å²) in [4.78, 5) is 0. The highest BCUT2D eigenvalue weighted by molar-refractivity contribution is 7.41. The van der Waals surface area contributed by atoms with Gasteiger partial charge in [-0.1, -0.05) is 25.9 Å². The van der Waals surface area contributed by atoms with Crippen molar-refractivity contribution in [3.63, 3.8) is 0 Å². The van der Waals surface area contributed by atoms with Crippen LogP contribution in [0.1, 0.15) is 13.8 Å². The van der Waals surface area contributed by atoms with Gasteiger partial charge in [-0.25, -0.2) is 0 Å². The van der Waals surface area contributed by atoms with Gasteiger partial charge in [0.2, 0.25) is 0 Å². The van der Waals surface area contributed by atoms with Gasteiger partial charge in [-0.3, -0.25) is 0 Å². The molecule has 0 N–H and O–H groups in total. The van der Waals surface area contributed by atoms with Gasteiger partial charge >= 0.3 is 0 Å². The minimum Gasteiger partial charge on any atom is -0.0682 e. The van der Waals surface area contributed by atoms with Crippen molar-refractivity contribution in [2.75, 3.05) is 0 Å².